The third-order valence-electron chi connectivity index (χ3n) is 1.66. The minimum Gasteiger partial charge on any atom is -0.499 e. The molecule has 4 nitrogen and oxygen atoms in total. The maximum Gasteiger partial charge on any atom is 0.257 e. The first kappa shape index (κ1) is 5.46. The lowest BCUT2D eigenvalue weighted by Gasteiger charge is -1.95. The van der Waals surface area contributed by atoms with Gasteiger partial charge < -0.3 is 4.74 Å². The van der Waals surface area contributed by atoms with E-state index in [1.165, 1.54) is 6.26 Å². The van der Waals surface area contributed by atoms with Gasteiger partial charge in [-0.1, -0.05) is 0 Å². The van der Waals surface area contributed by atoms with E-state index >= 15 is 0 Å². The number of fused-ring (bicyclic) bond motifs is 1. The van der Waals surface area contributed by atoms with E-state index in [0.29, 0.717) is 12.2 Å². The van der Waals surface area contributed by atoms with Gasteiger partial charge in [0.25, 0.3) is 5.91 Å². The van der Waals surface area contributed by atoms with Crippen LogP contribution in [0.25, 0.3) is 0 Å². The van der Waals surface area contributed by atoms with E-state index in [4.69, 9.17) is 4.74 Å². The second kappa shape index (κ2) is 1.59. The van der Waals surface area contributed by atoms with Crippen molar-refractivity contribution in [2.75, 3.05) is 6.61 Å². The lowest BCUT2D eigenvalue weighted by molar-refractivity contribution is -0.126. The average Bonchev–Trinajstić information content (AvgIpc) is 2.39. The molecule has 0 aromatic rings. The zero-order valence-corrected chi connectivity index (χ0v) is 5.09. The van der Waals surface area contributed by atoms with Crippen LogP contribution in [0.4, 0.5) is 0 Å². The zero-order chi connectivity index (χ0) is 7.14. The summed E-state index contributed by atoms with van der Waals surface area (Å²) in [6.45, 7) is 0.312. The molecule has 0 saturated carbocycles. The SMILES string of the molecule is O=C1NC(=O)C2COC=C12. The molecule has 2 aliphatic heterocycles. The molecule has 1 unspecified atom stereocenters. The smallest absolute Gasteiger partial charge is 0.257 e. The Morgan fingerprint density at radius 2 is 2.40 bits per heavy atom. The predicted octanol–water partition coefficient (Wildman–Crippen LogP) is -0.827. The van der Waals surface area contributed by atoms with Gasteiger partial charge >= 0.3 is 0 Å². The van der Waals surface area contributed by atoms with Crippen LogP contribution in [0, 0.1) is 5.92 Å². The molecule has 0 bridgehead atoms. The largest absolute Gasteiger partial charge is 0.499 e. The molecule has 1 fully saturated rings. The van der Waals surface area contributed by atoms with Gasteiger partial charge in [-0.2, -0.15) is 0 Å². The van der Waals surface area contributed by atoms with Gasteiger partial charge in [-0.25, -0.2) is 0 Å². The summed E-state index contributed by atoms with van der Waals surface area (Å²) in [6.07, 6.45) is 1.35. The third-order valence-corrected chi connectivity index (χ3v) is 1.66. The van der Waals surface area contributed by atoms with Crippen LogP contribution in [0.2, 0.25) is 0 Å². The van der Waals surface area contributed by atoms with Crippen molar-refractivity contribution < 1.29 is 14.3 Å². The van der Waals surface area contributed by atoms with Gasteiger partial charge in [0.2, 0.25) is 5.91 Å². The molecular formula is C6H5NO3. The molecule has 1 atom stereocenters. The fourth-order valence-corrected chi connectivity index (χ4v) is 1.11. The number of hydrogen-bond acceptors (Lipinski definition) is 3. The summed E-state index contributed by atoms with van der Waals surface area (Å²) in [5.74, 6) is -0.895. The number of carbonyl (C=O) groups excluding carboxylic acids is 2. The maximum absolute atomic E-state index is 10.8. The van der Waals surface area contributed by atoms with E-state index in [1.54, 1.807) is 0 Å². The van der Waals surface area contributed by atoms with Crippen LogP contribution in [-0.4, -0.2) is 18.4 Å². The number of amides is 2. The van der Waals surface area contributed by atoms with Crippen molar-refractivity contribution in [1.82, 2.24) is 5.32 Å². The topological polar surface area (TPSA) is 55.4 Å². The number of ether oxygens (including phenoxy) is 1. The van der Waals surface area contributed by atoms with Gasteiger partial charge in [-0.05, 0) is 0 Å². The van der Waals surface area contributed by atoms with Crippen LogP contribution < -0.4 is 5.32 Å². The molecule has 1 saturated heterocycles. The zero-order valence-electron chi connectivity index (χ0n) is 5.09. The van der Waals surface area contributed by atoms with E-state index in [2.05, 4.69) is 5.32 Å². The Morgan fingerprint density at radius 3 is 3.10 bits per heavy atom. The Hall–Kier alpha value is -1.32. The van der Waals surface area contributed by atoms with Crippen molar-refractivity contribution in [3.05, 3.63) is 11.8 Å². The summed E-state index contributed by atoms with van der Waals surface area (Å²) in [4.78, 5) is 21.6. The molecule has 0 radical (unpaired) electrons. The Morgan fingerprint density at radius 1 is 1.60 bits per heavy atom. The van der Waals surface area contributed by atoms with Crippen molar-refractivity contribution in [3.8, 4) is 0 Å². The first-order valence-corrected chi connectivity index (χ1v) is 2.96. The molecule has 4 heteroatoms. The van der Waals surface area contributed by atoms with Gasteiger partial charge in [0, 0.05) is 0 Å². The van der Waals surface area contributed by atoms with Gasteiger partial charge in [0.05, 0.1) is 11.8 Å². The van der Waals surface area contributed by atoms with E-state index < -0.39 is 0 Å². The highest BCUT2D eigenvalue weighted by Gasteiger charge is 2.39. The summed E-state index contributed by atoms with van der Waals surface area (Å²) in [5, 5.41) is 2.19. The molecule has 2 aliphatic rings. The first-order valence-electron chi connectivity index (χ1n) is 2.96. The molecule has 1 N–H and O–H groups in total. The highest BCUT2D eigenvalue weighted by atomic mass is 16.5. The van der Waals surface area contributed by atoms with Crippen molar-refractivity contribution in [2.24, 2.45) is 5.92 Å². The van der Waals surface area contributed by atoms with E-state index in [9.17, 15) is 9.59 Å². The van der Waals surface area contributed by atoms with E-state index in [0.717, 1.165) is 0 Å². The Bertz CT molecular complexity index is 243. The molecule has 0 aliphatic carbocycles. The Balaban J connectivity index is 2.41. The van der Waals surface area contributed by atoms with Crippen molar-refractivity contribution in [3.63, 3.8) is 0 Å². The minimum atomic E-state index is -0.340. The second-order valence-corrected chi connectivity index (χ2v) is 2.28. The molecule has 10 heavy (non-hydrogen) atoms. The quantitative estimate of drug-likeness (QED) is 0.446. The third kappa shape index (κ3) is 0.504. The molecule has 0 aromatic carbocycles. The Kier molecular flexibility index (Phi) is 0.869. The van der Waals surface area contributed by atoms with Crippen molar-refractivity contribution in [2.45, 2.75) is 0 Å². The van der Waals surface area contributed by atoms with Crippen LogP contribution in [0.1, 0.15) is 0 Å². The first-order chi connectivity index (χ1) is 4.79. The maximum atomic E-state index is 10.8. The number of rotatable bonds is 0. The lowest BCUT2D eigenvalue weighted by atomic mass is 10.1. The summed E-state index contributed by atoms with van der Waals surface area (Å²) in [5.41, 5.74) is 0.463. The normalized spacial score (nSPS) is 29.2. The van der Waals surface area contributed by atoms with Gasteiger partial charge in [0.1, 0.15) is 12.5 Å². The number of imide groups is 1. The Labute approximate surface area is 56.8 Å². The van der Waals surface area contributed by atoms with Crippen LogP contribution >= 0.6 is 0 Å². The summed E-state index contributed by atoms with van der Waals surface area (Å²) >= 11 is 0. The van der Waals surface area contributed by atoms with Gasteiger partial charge in [-0.3, -0.25) is 14.9 Å². The molecule has 0 aromatic heterocycles. The average molecular weight is 139 g/mol. The second-order valence-electron chi connectivity index (χ2n) is 2.28. The fourth-order valence-electron chi connectivity index (χ4n) is 1.11. The summed E-state index contributed by atoms with van der Waals surface area (Å²) < 4.78 is 4.81. The van der Waals surface area contributed by atoms with Crippen LogP contribution in [0.3, 0.4) is 0 Å². The summed E-state index contributed by atoms with van der Waals surface area (Å²) in [7, 11) is 0. The minimum absolute atomic E-state index is 0.242. The van der Waals surface area contributed by atoms with Crippen LogP contribution in [-0.2, 0) is 14.3 Å². The summed E-state index contributed by atoms with van der Waals surface area (Å²) in [6, 6.07) is 0. The standard InChI is InChI=1S/C6H5NO3/c8-5-3-1-10-2-4(3)6(9)7-5/h1,4H,2H2,(H,7,8,9). The highest BCUT2D eigenvalue weighted by Crippen LogP contribution is 2.23. The number of hydrogen-bond donors (Lipinski definition) is 1. The fraction of sp³-hybridized carbons (Fsp3) is 0.333. The molecule has 2 heterocycles. The van der Waals surface area contributed by atoms with Crippen molar-refractivity contribution in [1.29, 1.82) is 0 Å². The van der Waals surface area contributed by atoms with Crippen LogP contribution in [0.5, 0.6) is 0 Å². The molecule has 2 rings (SSSR count). The monoisotopic (exact) mass is 139 g/mol. The highest BCUT2D eigenvalue weighted by molar-refractivity contribution is 6.15. The molecule has 2 amide bonds. The lowest BCUT2D eigenvalue weighted by Crippen LogP contribution is -2.23. The van der Waals surface area contributed by atoms with Crippen LogP contribution in [0.15, 0.2) is 11.8 Å². The number of carbonyl (C=O) groups is 2. The van der Waals surface area contributed by atoms with Gasteiger partial charge in [-0.15, -0.1) is 0 Å². The number of nitrogens with one attached hydrogen (secondary N) is 1. The van der Waals surface area contributed by atoms with Gasteiger partial charge in [0.15, 0.2) is 0 Å². The van der Waals surface area contributed by atoms with Crippen molar-refractivity contribution >= 4 is 11.8 Å². The van der Waals surface area contributed by atoms with E-state index in [1.807, 2.05) is 0 Å². The molecular weight excluding hydrogens is 134 g/mol. The molecule has 0 spiro atoms. The molecule has 52 valence electrons. The van der Waals surface area contributed by atoms with E-state index in [-0.39, 0.29) is 17.7 Å². The predicted molar refractivity (Wildman–Crippen MR) is 30.7 cm³/mol.